The van der Waals surface area contributed by atoms with E-state index in [0.717, 1.165) is 6.42 Å². The average molecular weight is 286 g/mol. The van der Waals surface area contributed by atoms with Crippen molar-refractivity contribution in [2.24, 2.45) is 0 Å². The van der Waals surface area contributed by atoms with E-state index >= 15 is 0 Å². The Bertz CT molecular complexity index is 331. The zero-order valence-corrected chi connectivity index (χ0v) is 12.8. The largest absolute Gasteiger partial charge is 0.369 e. The number of nitrogens with one attached hydrogen (secondary N) is 1. The van der Waals surface area contributed by atoms with Crippen LogP contribution in [0.25, 0.3) is 0 Å². The summed E-state index contributed by atoms with van der Waals surface area (Å²) in [5.74, 6) is -0.276. The van der Waals surface area contributed by atoms with Crippen LogP contribution < -0.4 is 5.32 Å². The fourth-order valence-corrected chi connectivity index (χ4v) is 2.06. The highest BCUT2D eigenvalue weighted by Gasteiger charge is 2.33. The summed E-state index contributed by atoms with van der Waals surface area (Å²) in [6.45, 7) is 8.39. The molecule has 0 aliphatic carbocycles. The molecule has 1 aliphatic rings. The first-order valence-electron chi connectivity index (χ1n) is 7.22. The lowest BCUT2D eigenvalue weighted by Gasteiger charge is -2.24. The Morgan fingerprint density at radius 1 is 1.20 bits per heavy atom. The van der Waals surface area contributed by atoms with E-state index in [0.29, 0.717) is 13.0 Å². The molecule has 1 heterocycles. The number of hydrogen-bond acceptors (Lipinski definition) is 4. The minimum atomic E-state index is -0.394. The van der Waals surface area contributed by atoms with Crippen LogP contribution >= 0.6 is 0 Å². The lowest BCUT2D eigenvalue weighted by molar-refractivity contribution is -0.143. The van der Waals surface area contributed by atoms with Gasteiger partial charge >= 0.3 is 0 Å². The molecule has 2 amide bonds. The number of carbonyl (C=O) groups is 2. The normalized spacial score (nSPS) is 18.9. The Labute approximate surface area is 120 Å². The number of carbonyl (C=O) groups excluding carboxylic acids is 2. The summed E-state index contributed by atoms with van der Waals surface area (Å²) in [6.07, 6.45) is 1.61. The Kier molecular flexibility index (Phi) is 6.95. The minimum absolute atomic E-state index is 0.00766. The Morgan fingerprint density at radius 2 is 1.85 bits per heavy atom. The molecule has 1 fully saturated rings. The summed E-state index contributed by atoms with van der Waals surface area (Å²) in [5.41, 5.74) is 0. The molecule has 0 radical (unpaired) electrons. The standard InChI is InChI=1S/C14H26N2O4/c1-10(2)19-8-13(17)16-7-5-6-12(16)14(18)15-9-20-11(3)4/h10-12H,5-9H2,1-4H3,(H,15,18). The van der Waals surface area contributed by atoms with Crippen LogP contribution in [-0.4, -0.2) is 54.8 Å². The average Bonchev–Trinajstić information content (AvgIpc) is 2.84. The maximum atomic E-state index is 12.1. The van der Waals surface area contributed by atoms with Crippen molar-refractivity contribution >= 4 is 11.8 Å². The molecular formula is C14H26N2O4. The first-order chi connectivity index (χ1) is 9.41. The second kappa shape index (κ2) is 8.21. The SMILES string of the molecule is CC(C)OCNC(=O)C1CCCN1C(=O)COC(C)C. The molecule has 20 heavy (non-hydrogen) atoms. The van der Waals surface area contributed by atoms with Gasteiger partial charge in [0.25, 0.3) is 0 Å². The minimum Gasteiger partial charge on any atom is -0.369 e. The highest BCUT2D eigenvalue weighted by Crippen LogP contribution is 2.17. The van der Waals surface area contributed by atoms with Crippen molar-refractivity contribution in [3.05, 3.63) is 0 Å². The summed E-state index contributed by atoms with van der Waals surface area (Å²) >= 11 is 0. The number of likely N-dealkylation sites (tertiary alicyclic amines) is 1. The molecule has 1 saturated heterocycles. The summed E-state index contributed by atoms with van der Waals surface area (Å²) in [5, 5.41) is 2.71. The molecule has 116 valence electrons. The van der Waals surface area contributed by atoms with Crippen molar-refractivity contribution in [1.82, 2.24) is 10.2 Å². The van der Waals surface area contributed by atoms with Gasteiger partial charge in [0.15, 0.2) is 0 Å². The van der Waals surface area contributed by atoms with Gasteiger partial charge in [-0.15, -0.1) is 0 Å². The molecule has 1 N–H and O–H groups in total. The quantitative estimate of drug-likeness (QED) is 0.706. The predicted molar refractivity (Wildman–Crippen MR) is 75.1 cm³/mol. The first-order valence-corrected chi connectivity index (χ1v) is 7.22. The van der Waals surface area contributed by atoms with Crippen molar-refractivity contribution in [2.45, 2.75) is 58.8 Å². The second-order valence-corrected chi connectivity index (χ2v) is 5.51. The molecule has 1 atom stereocenters. The Hall–Kier alpha value is -1.14. The van der Waals surface area contributed by atoms with Gasteiger partial charge in [-0.3, -0.25) is 9.59 Å². The lowest BCUT2D eigenvalue weighted by Crippen LogP contribution is -2.47. The van der Waals surface area contributed by atoms with E-state index in [-0.39, 0.29) is 37.4 Å². The van der Waals surface area contributed by atoms with Gasteiger partial charge in [0.2, 0.25) is 11.8 Å². The fraction of sp³-hybridized carbons (Fsp3) is 0.857. The van der Waals surface area contributed by atoms with Crippen molar-refractivity contribution in [3.8, 4) is 0 Å². The van der Waals surface area contributed by atoms with Gasteiger partial charge < -0.3 is 19.7 Å². The third-order valence-electron chi connectivity index (χ3n) is 3.08. The number of nitrogens with zero attached hydrogens (tertiary/aromatic N) is 1. The lowest BCUT2D eigenvalue weighted by atomic mass is 10.2. The maximum absolute atomic E-state index is 12.1. The summed E-state index contributed by atoms with van der Waals surface area (Å²) in [6, 6.07) is -0.394. The van der Waals surface area contributed by atoms with E-state index in [1.807, 2.05) is 27.7 Å². The van der Waals surface area contributed by atoms with Gasteiger partial charge in [0.05, 0.1) is 12.2 Å². The topological polar surface area (TPSA) is 67.9 Å². The molecule has 0 saturated carbocycles. The summed E-state index contributed by atoms with van der Waals surface area (Å²) < 4.78 is 10.6. The van der Waals surface area contributed by atoms with E-state index in [1.54, 1.807) is 4.90 Å². The van der Waals surface area contributed by atoms with Gasteiger partial charge in [-0.25, -0.2) is 0 Å². The van der Waals surface area contributed by atoms with Crippen molar-refractivity contribution in [3.63, 3.8) is 0 Å². The number of amides is 2. The molecule has 6 heteroatoms. The number of rotatable bonds is 7. The van der Waals surface area contributed by atoms with Crippen LogP contribution in [0.4, 0.5) is 0 Å². The zero-order chi connectivity index (χ0) is 15.1. The van der Waals surface area contributed by atoms with Crippen molar-refractivity contribution in [1.29, 1.82) is 0 Å². The van der Waals surface area contributed by atoms with Gasteiger partial charge in [0.1, 0.15) is 19.4 Å². The molecule has 1 aliphatic heterocycles. The van der Waals surface area contributed by atoms with Crippen LogP contribution in [0, 0.1) is 0 Å². The smallest absolute Gasteiger partial charge is 0.249 e. The van der Waals surface area contributed by atoms with Crippen molar-refractivity contribution < 1.29 is 19.1 Å². The van der Waals surface area contributed by atoms with E-state index in [9.17, 15) is 9.59 Å². The Balaban J connectivity index is 2.43. The molecular weight excluding hydrogens is 260 g/mol. The van der Waals surface area contributed by atoms with Gasteiger partial charge in [-0.1, -0.05) is 0 Å². The van der Waals surface area contributed by atoms with E-state index < -0.39 is 6.04 Å². The molecule has 0 aromatic heterocycles. The molecule has 6 nitrogen and oxygen atoms in total. The predicted octanol–water partition coefficient (Wildman–Crippen LogP) is 0.901. The molecule has 0 bridgehead atoms. The van der Waals surface area contributed by atoms with Crippen LogP contribution in [0.1, 0.15) is 40.5 Å². The van der Waals surface area contributed by atoms with E-state index in [4.69, 9.17) is 9.47 Å². The fourth-order valence-electron chi connectivity index (χ4n) is 2.06. The first kappa shape index (κ1) is 16.9. The molecule has 0 aromatic rings. The van der Waals surface area contributed by atoms with Crippen LogP contribution in [0.5, 0.6) is 0 Å². The van der Waals surface area contributed by atoms with Crippen LogP contribution in [0.15, 0.2) is 0 Å². The number of hydrogen-bond donors (Lipinski definition) is 1. The van der Waals surface area contributed by atoms with Gasteiger partial charge in [0, 0.05) is 6.54 Å². The van der Waals surface area contributed by atoms with Gasteiger partial charge in [-0.05, 0) is 40.5 Å². The second-order valence-electron chi connectivity index (χ2n) is 5.51. The van der Waals surface area contributed by atoms with E-state index in [2.05, 4.69) is 5.32 Å². The third-order valence-corrected chi connectivity index (χ3v) is 3.08. The van der Waals surface area contributed by atoms with E-state index in [1.165, 1.54) is 0 Å². The Morgan fingerprint density at radius 3 is 2.45 bits per heavy atom. The maximum Gasteiger partial charge on any atom is 0.249 e. The molecule has 1 rings (SSSR count). The van der Waals surface area contributed by atoms with Crippen molar-refractivity contribution in [2.75, 3.05) is 19.9 Å². The highest BCUT2D eigenvalue weighted by molar-refractivity contribution is 5.88. The monoisotopic (exact) mass is 286 g/mol. The van der Waals surface area contributed by atoms with Crippen LogP contribution in [0.3, 0.4) is 0 Å². The highest BCUT2D eigenvalue weighted by atomic mass is 16.5. The third kappa shape index (κ3) is 5.46. The van der Waals surface area contributed by atoms with Crippen LogP contribution in [0.2, 0.25) is 0 Å². The molecule has 1 unspecified atom stereocenters. The van der Waals surface area contributed by atoms with Crippen LogP contribution in [-0.2, 0) is 19.1 Å². The number of ether oxygens (including phenoxy) is 2. The molecule has 0 spiro atoms. The van der Waals surface area contributed by atoms with Gasteiger partial charge in [-0.2, -0.15) is 0 Å². The summed E-state index contributed by atoms with van der Waals surface area (Å²) in [4.78, 5) is 25.7. The summed E-state index contributed by atoms with van der Waals surface area (Å²) in [7, 11) is 0. The zero-order valence-electron chi connectivity index (χ0n) is 12.8. The molecule has 0 aromatic carbocycles.